The molecule has 0 fully saturated rings. The summed E-state index contributed by atoms with van der Waals surface area (Å²) in [6.07, 6.45) is 1.45. The van der Waals surface area contributed by atoms with E-state index in [2.05, 4.69) is 15.0 Å². The quantitative estimate of drug-likeness (QED) is 0.925. The molecular formula is C13H14ClN3O. The molecular weight excluding hydrogens is 250 g/mol. The minimum Gasteiger partial charge on any atom is -0.507 e. The second-order valence-electron chi connectivity index (χ2n) is 3.86. The Morgan fingerprint density at radius 2 is 1.67 bits per heavy atom. The van der Waals surface area contributed by atoms with Crippen molar-refractivity contribution in [2.45, 2.75) is 26.7 Å². The molecule has 0 saturated heterocycles. The van der Waals surface area contributed by atoms with E-state index in [4.69, 9.17) is 11.6 Å². The van der Waals surface area contributed by atoms with Crippen LogP contribution in [0.2, 0.25) is 5.02 Å². The van der Waals surface area contributed by atoms with Gasteiger partial charge >= 0.3 is 0 Å². The number of aromatic nitrogens is 3. The summed E-state index contributed by atoms with van der Waals surface area (Å²) >= 11 is 5.93. The predicted octanol–water partition coefficient (Wildman–Crippen LogP) is 3.02. The van der Waals surface area contributed by atoms with Crippen LogP contribution in [0, 0.1) is 0 Å². The van der Waals surface area contributed by atoms with Gasteiger partial charge in [0, 0.05) is 17.9 Å². The molecule has 1 aromatic carbocycles. The van der Waals surface area contributed by atoms with Gasteiger partial charge in [-0.3, -0.25) is 0 Å². The third-order valence-electron chi connectivity index (χ3n) is 2.56. The number of phenols is 1. The molecule has 0 aliphatic carbocycles. The van der Waals surface area contributed by atoms with E-state index in [9.17, 15) is 5.11 Å². The summed E-state index contributed by atoms with van der Waals surface area (Å²) in [4.78, 5) is 13.0. The Kier molecular flexibility index (Phi) is 3.77. The van der Waals surface area contributed by atoms with Crippen molar-refractivity contribution < 1.29 is 5.11 Å². The SMILES string of the molecule is CCc1nc(CC)nc(-c2cc(Cl)ccc2O)n1. The van der Waals surface area contributed by atoms with E-state index in [-0.39, 0.29) is 5.75 Å². The number of benzene rings is 1. The average Bonchev–Trinajstić information content (AvgIpc) is 2.40. The number of halogens is 1. The second-order valence-corrected chi connectivity index (χ2v) is 4.30. The molecule has 1 heterocycles. The van der Waals surface area contributed by atoms with Gasteiger partial charge < -0.3 is 5.11 Å². The van der Waals surface area contributed by atoms with Crippen molar-refractivity contribution in [3.8, 4) is 17.1 Å². The van der Waals surface area contributed by atoms with Crippen LogP contribution in [0.4, 0.5) is 0 Å². The smallest absolute Gasteiger partial charge is 0.167 e. The first-order chi connectivity index (χ1) is 8.63. The zero-order valence-corrected chi connectivity index (χ0v) is 11.1. The molecule has 1 N–H and O–H groups in total. The van der Waals surface area contributed by atoms with Gasteiger partial charge in [0.1, 0.15) is 17.4 Å². The van der Waals surface area contributed by atoms with Crippen LogP contribution in [0.1, 0.15) is 25.5 Å². The van der Waals surface area contributed by atoms with Crippen LogP contribution >= 0.6 is 11.6 Å². The highest BCUT2D eigenvalue weighted by Gasteiger charge is 2.11. The van der Waals surface area contributed by atoms with Gasteiger partial charge in [-0.15, -0.1) is 0 Å². The molecule has 0 unspecified atom stereocenters. The molecule has 4 nitrogen and oxygen atoms in total. The highest BCUT2D eigenvalue weighted by atomic mass is 35.5. The normalized spacial score (nSPS) is 10.6. The highest BCUT2D eigenvalue weighted by Crippen LogP contribution is 2.29. The molecule has 0 amide bonds. The van der Waals surface area contributed by atoms with Crippen molar-refractivity contribution in [3.05, 3.63) is 34.9 Å². The first-order valence-electron chi connectivity index (χ1n) is 5.86. The van der Waals surface area contributed by atoms with Gasteiger partial charge in [-0.25, -0.2) is 15.0 Å². The van der Waals surface area contributed by atoms with Crippen molar-refractivity contribution in [2.24, 2.45) is 0 Å². The molecule has 94 valence electrons. The predicted molar refractivity (Wildman–Crippen MR) is 70.7 cm³/mol. The van der Waals surface area contributed by atoms with Crippen molar-refractivity contribution in [3.63, 3.8) is 0 Å². The molecule has 0 atom stereocenters. The first kappa shape index (κ1) is 12.8. The number of aromatic hydroxyl groups is 1. The molecule has 18 heavy (non-hydrogen) atoms. The van der Waals surface area contributed by atoms with Crippen LogP contribution in [-0.2, 0) is 12.8 Å². The second kappa shape index (κ2) is 5.31. The highest BCUT2D eigenvalue weighted by molar-refractivity contribution is 6.30. The number of rotatable bonds is 3. The fraction of sp³-hybridized carbons (Fsp3) is 0.308. The Morgan fingerprint density at radius 1 is 1.06 bits per heavy atom. The van der Waals surface area contributed by atoms with Gasteiger partial charge in [-0.05, 0) is 18.2 Å². The van der Waals surface area contributed by atoms with Crippen LogP contribution in [0.25, 0.3) is 11.4 Å². The Hall–Kier alpha value is -1.68. The lowest BCUT2D eigenvalue weighted by atomic mass is 10.2. The molecule has 0 aliphatic rings. The number of hydrogen-bond donors (Lipinski definition) is 1. The molecule has 0 spiro atoms. The minimum absolute atomic E-state index is 0.120. The van der Waals surface area contributed by atoms with E-state index < -0.39 is 0 Å². The summed E-state index contributed by atoms with van der Waals surface area (Å²) in [5, 5.41) is 10.4. The molecule has 0 saturated carbocycles. The molecule has 1 aromatic heterocycles. The van der Waals surface area contributed by atoms with Gasteiger partial charge in [-0.1, -0.05) is 25.4 Å². The lowest BCUT2D eigenvalue weighted by Crippen LogP contribution is -2.04. The maximum atomic E-state index is 9.86. The van der Waals surface area contributed by atoms with Gasteiger partial charge in [0.05, 0.1) is 5.56 Å². The lowest BCUT2D eigenvalue weighted by molar-refractivity contribution is 0.477. The van der Waals surface area contributed by atoms with Crippen molar-refractivity contribution in [2.75, 3.05) is 0 Å². The van der Waals surface area contributed by atoms with Crippen LogP contribution in [-0.4, -0.2) is 20.1 Å². The topological polar surface area (TPSA) is 58.9 Å². The third kappa shape index (κ3) is 2.59. The standard InChI is InChI=1S/C13H14ClN3O/c1-3-11-15-12(4-2)17-13(16-11)9-7-8(14)5-6-10(9)18/h5-7,18H,3-4H2,1-2H3. The summed E-state index contributed by atoms with van der Waals surface area (Å²) in [5.41, 5.74) is 0.536. The Balaban J connectivity index is 2.58. The first-order valence-corrected chi connectivity index (χ1v) is 6.24. The number of aryl methyl sites for hydroxylation is 2. The molecule has 5 heteroatoms. The third-order valence-corrected chi connectivity index (χ3v) is 2.80. The van der Waals surface area contributed by atoms with E-state index in [1.165, 1.54) is 0 Å². The van der Waals surface area contributed by atoms with Crippen LogP contribution < -0.4 is 0 Å². The van der Waals surface area contributed by atoms with Gasteiger partial charge in [0.15, 0.2) is 5.82 Å². The number of hydrogen-bond acceptors (Lipinski definition) is 4. The summed E-state index contributed by atoms with van der Waals surface area (Å²) < 4.78 is 0. The molecule has 0 bridgehead atoms. The lowest BCUT2D eigenvalue weighted by Gasteiger charge is -2.07. The van der Waals surface area contributed by atoms with Gasteiger partial charge in [-0.2, -0.15) is 0 Å². The zero-order chi connectivity index (χ0) is 13.1. The van der Waals surface area contributed by atoms with E-state index in [0.29, 0.717) is 16.4 Å². The average molecular weight is 264 g/mol. The van der Waals surface area contributed by atoms with E-state index in [1.807, 2.05) is 13.8 Å². The maximum absolute atomic E-state index is 9.86. The Bertz CT molecular complexity index is 550. The molecule has 2 aromatic rings. The van der Waals surface area contributed by atoms with Crippen LogP contribution in [0.15, 0.2) is 18.2 Å². The monoisotopic (exact) mass is 263 g/mol. The van der Waals surface area contributed by atoms with Crippen LogP contribution in [0.5, 0.6) is 5.75 Å². The van der Waals surface area contributed by atoms with Crippen molar-refractivity contribution in [1.82, 2.24) is 15.0 Å². The summed E-state index contributed by atoms with van der Waals surface area (Å²) in [5.74, 6) is 2.03. The van der Waals surface area contributed by atoms with E-state index in [0.717, 1.165) is 24.5 Å². The van der Waals surface area contributed by atoms with E-state index in [1.54, 1.807) is 18.2 Å². The van der Waals surface area contributed by atoms with Gasteiger partial charge in [0.2, 0.25) is 0 Å². The molecule has 0 radical (unpaired) electrons. The fourth-order valence-electron chi connectivity index (χ4n) is 1.59. The summed E-state index contributed by atoms with van der Waals surface area (Å²) in [6.45, 7) is 3.97. The van der Waals surface area contributed by atoms with E-state index >= 15 is 0 Å². The zero-order valence-electron chi connectivity index (χ0n) is 10.3. The van der Waals surface area contributed by atoms with Crippen molar-refractivity contribution >= 4 is 11.6 Å². The maximum Gasteiger partial charge on any atom is 0.167 e. The fourth-order valence-corrected chi connectivity index (χ4v) is 1.76. The number of phenolic OH excluding ortho intramolecular Hbond substituents is 1. The van der Waals surface area contributed by atoms with Crippen LogP contribution in [0.3, 0.4) is 0 Å². The largest absolute Gasteiger partial charge is 0.507 e. The molecule has 0 aliphatic heterocycles. The van der Waals surface area contributed by atoms with Gasteiger partial charge in [0.25, 0.3) is 0 Å². The van der Waals surface area contributed by atoms with Crippen molar-refractivity contribution in [1.29, 1.82) is 0 Å². The summed E-state index contributed by atoms with van der Waals surface area (Å²) in [7, 11) is 0. The number of nitrogens with zero attached hydrogens (tertiary/aromatic N) is 3. The Labute approximate surface area is 111 Å². The molecule has 2 rings (SSSR count). The minimum atomic E-state index is 0.120. The summed E-state index contributed by atoms with van der Waals surface area (Å²) in [6, 6.07) is 4.83. The Morgan fingerprint density at radius 3 is 2.22 bits per heavy atom.